The molecule has 3 aromatic heterocycles. The maximum absolute atomic E-state index is 6.65. The van der Waals surface area contributed by atoms with Gasteiger partial charge >= 0.3 is 0 Å². The third kappa shape index (κ3) is 2.93. The molecule has 0 amide bonds. The smallest absolute Gasteiger partial charge is 0.178 e. The minimum atomic E-state index is 0.779. The second kappa shape index (κ2) is 7.70. The van der Waals surface area contributed by atoms with E-state index in [4.69, 9.17) is 8.83 Å². The van der Waals surface area contributed by atoms with Crippen molar-refractivity contribution in [3.63, 3.8) is 0 Å². The van der Waals surface area contributed by atoms with Gasteiger partial charge in [0.05, 0.1) is 5.69 Å². The van der Waals surface area contributed by atoms with E-state index in [-0.39, 0.29) is 0 Å². The minimum absolute atomic E-state index is 0.779. The Morgan fingerprint density at radius 2 is 1.19 bits per heavy atom. The van der Waals surface area contributed by atoms with Crippen LogP contribution in [0.2, 0.25) is 0 Å². The van der Waals surface area contributed by atoms with E-state index < -0.39 is 0 Å². The predicted octanol–water partition coefficient (Wildman–Crippen LogP) is 9.01. The summed E-state index contributed by atoms with van der Waals surface area (Å²) in [6.45, 7) is 0. The lowest BCUT2D eigenvalue weighted by Crippen LogP contribution is -1.99. The van der Waals surface area contributed by atoms with Gasteiger partial charge in [0.1, 0.15) is 17.0 Å². The van der Waals surface area contributed by atoms with Crippen LogP contribution >= 0.6 is 0 Å². The zero-order chi connectivity index (χ0) is 24.3. The molecule has 0 bridgehead atoms. The zero-order valence-corrected chi connectivity index (χ0v) is 19.8. The van der Waals surface area contributed by atoms with Crippen molar-refractivity contribution in [1.82, 2.24) is 9.55 Å². The second-order valence-corrected chi connectivity index (χ2v) is 9.21. The van der Waals surface area contributed by atoms with Gasteiger partial charge < -0.3 is 8.83 Å². The van der Waals surface area contributed by atoms with Crippen LogP contribution in [0.15, 0.2) is 130 Å². The van der Waals surface area contributed by atoms with Gasteiger partial charge in [-0.15, -0.1) is 0 Å². The molecule has 0 aliphatic carbocycles. The minimum Gasteiger partial charge on any atom is -0.452 e. The molecule has 0 aliphatic rings. The molecule has 0 N–H and O–H groups in total. The van der Waals surface area contributed by atoms with Crippen molar-refractivity contribution in [1.29, 1.82) is 0 Å². The van der Waals surface area contributed by atoms with Crippen LogP contribution in [0.3, 0.4) is 0 Å². The van der Waals surface area contributed by atoms with E-state index >= 15 is 0 Å². The summed E-state index contributed by atoms with van der Waals surface area (Å²) in [4.78, 5) is 4.68. The fourth-order valence-electron chi connectivity index (χ4n) is 5.46. The lowest BCUT2D eigenvalue weighted by molar-refractivity contribution is 0.634. The van der Waals surface area contributed by atoms with E-state index in [9.17, 15) is 0 Å². The number of furan rings is 2. The van der Waals surface area contributed by atoms with Crippen molar-refractivity contribution in [2.24, 2.45) is 0 Å². The van der Waals surface area contributed by atoms with Gasteiger partial charge in [-0.2, -0.15) is 0 Å². The van der Waals surface area contributed by atoms with Gasteiger partial charge in [0.2, 0.25) is 0 Å². The summed E-state index contributed by atoms with van der Waals surface area (Å²) >= 11 is 0. The van der Waals surface area contributed by atoms with Gasteiger partial charge in [0, 0.05) is 50.6 Å². The Morgan fingerprint density at radius 3 is 2.11 bits per heavy atom. The van der Waals surface area contributed by atoms with Gasteiger partial charge in [-0.25, -0.2) is 4.98 Å². The Hall–Kier alpha value is -5.09. The molecule has 4 nitrogen and oxygen atoms in total. The first-order chi connectivity index (χ1) is 18.4. The first-order valence-corrected chi connectivity index (χ1v) is 12.3. The van der Waals surface area contributed by atoms with Crippen LogP contribution < -0.4 is 0 Å². The Balaban J connectivity index is 1.39. The highest BCUT2D eigenvalue weighted by molar-refractivity contribution is 6.20. The van der Waals surface area contributed by atoms with Gasteiger partial charge in [0.25, 0.3) is 0 Å². The number of rotatable bonds is 3. The van der Waals surface area contributed by atoms with E-state index in [2.05, 4.69) is 82.3 Å². The number of nitrogens with zero attached hydrogens (tertiary/aromatic N) is 2. The molecule has 0 saturated heterocycles. The van der Waals surface area contributed by atoms with Crippen LogP contribution in [-0.4, -0.2) is 9.55 Å². The molecular formula is C33H20N2O2. The number of hydrogen-bond acceptors (Lipinski definition) is 3. The van der Waals surface area contributed by atoms with Crippen molar-refractivity contribution >= 4 is 43.9 Å². The summed E-state index contributed by atoms with van der Waals surface area (Å²) in [7, 11) is 0. The molecule has 8 rings (SSSR count). The van der Waals surface area contributed by atoms with Crippen LogP contribution in [0.4, 0.5) is 0 Å². The molecular weight excluding hydrogens is 456 g/mol. The van der Waals surface area contributed by atoms with Crippen LogP contribution in [0.1, 0.15) is 0 Å². The predicted molar refractivity (Wildman–Crippen MR) is 149 cm³/mol. The quantitative estimate of drug-likeness (QED) is 0.255. The highest BCUT2D eigenvalue weighted by atomic mass is 16.4. The van der Waals surface area contributed by atoms with Crippen molar-refractivity contribution in [2.45, 2.75) is 0 Å². The normalized spacial score (nSPS) is 11.8. The van der Waals surface area contributed by atoms with E-state index in [0.717, 1.165) is 72.1 Å². The summed E-state index contributed by atoms with van der Waals surface area (Å²) < 4.78 is 15.1. The highest BCUT2D eigenvalue weighted by Crippen LogP contribution is 2.42. The lowest BCUT2D eigenvalue weighted by Gasteiger charge is -2.14. The van der Waals surface area contributed by atoms with Crippen LogP contribution in [-0.2, 0) is 0 Å². The number of imidazole rings is 1. The number of fused-ring (bicyclic) bond motifs is 7. The third-order valence-electron chi connectivity index (χ3n) is 7.14. The van der Waals surface area contributed by atoms with Gasteiger partial charge in [0.15, 0.2) is 11.2 Å². The Kier molecular flexibility index (Phi) is 4.19. The van der Waals surface area contributed by atoms with E-state index in [1.807, 2.05) is 48.8 Å². The summed E-state index contributed by atoms with van der Waals surface area (Å²) in [5, 5.41) is 4.28. The second-order valence-electron chi connectivity index (χ2n) is 9.21. The monoisotopic (exact) mass is 476 g/mol. The molecule has 0 saturated carbocycles. The summed E-state index contributed by atoms with van der Waals surface area (Å²) in [5.74, 6) is 0.897. The number of hydrogen-bond donors (Lipinski definition) is 0. The zero-order valence-electron chi connectivity index (χ0n) is 19.8. The first-order valence-electron chi connectivity index (χ1n) is 12.3. The molecule has 174 valence electrons. The summed E-state index contributed by atoms with van der Waals surface area (Å²) in [5.41, 5.74) is 7.49. The van der Waals surface area contributed by atoms with E-state index in [1.54, 1.807) is 0 Å². The Bertz CT molecular complexity index is 2090. The average Bonchev–Trinajstić information content (AvgIpc) is 3.68. The number of benzene rings is 5. The molecule has 0 aliphatic heterocycles. The van der Waals surface area contributed by atoms with Crippen LogP contribution in [0.25, 0.3) is 72.1 Å². The first kappa shape index (κ1) is 20.1. The molecule has 8 aromatic rings. The molecule has 37 heavy (non-hydrogen) atoms. The summed E-state index contributed by atoms with van der Waals surface area (Å²) in [6.07, 6.45) is 3.86. The largest absolute Gasteiger partial charge is 0.452 e. The highest BCUT2D eigenvalue weighted by Gasteiger charge is 2.20. The molecule has 0 radical (unpaired) electrons. The Labute approximate surface area is 212 Å². The van der Waals surface area contributed by atoms with Crippen LogP contribution in [0.5, 0.6) is 0 Å². The van der Waals surface area contributed by atoms with Crippen molar-refractivity contribution in [3.8, 4) is 28.2 Å². The molecule has 3 heterocycles. The topological polar surface area (TPSA) is 44.1 Å². The van der Waals surface area contributed by atoms with Crippen molar-refractivity contribution < 1.29 is 8.83 Å². The van der Waals surface area contributed by atoms with Gasteiger partial charge in [-0.05, 0) is 24.3 Å². The fraction of sp³-hybridized carbons (Fsp3) is 0. The van der Waals surface area contributed by atoms with E-state index in [0.29, 0.717) is 0 Å². The standard InChI is InChI=1S/C33H20N2O2/c1-2-9-21(10-3-1)33-34-19-20-35(33)28-15-6-4-11-22(28)24-13-8-14-25-27-18-17-26-23-12-5-7-16-29(23)36-31(26)32(27)37-30(24)25/h1-20H. The van der Waals surface area contributed by atoms with Crippen LogP contribution in [0, 0.1) is 0 Å². The lowest BCUT2D eigenvalue weighted by atomic mass is 10.00. The van der Waals surface area contributed by atoms with Crippen molar-refractivity contribution in [2.75, 3.05) is 0 Å². The molecule has 0 atom stereocenters. The van der Waals surface area contributed by atoms with Gasteiger partial charge in [-0.3, -0.25) is 4.57 Å². The summed E-state index contributed by atoms with van der Waals surface area (Å²) in [6, 6.07) is 37.4. The van der Waals surface area contributed by atoms with Gasteiger partial charge in [-0.1, -0.05) is 84.9 Å². The van der Waals surface area contributed by atoms with Crippen molar-refractivity contribution in [3.05, 3.63) is 122 Å². The average molecular weight is 477 g/mol. The number of aromatic nitrogens is 2. The molecule has 0 unspecified atom stereocenters. The molecule has 5 aromatic carbocycles. The van der Waals surface area contributed by atoms with E-state index in [1.165, 1.54) is 0 Å². The third-order valence-corrected chi connectivity index (χ3v) is 7.14. The maximum atomic E-state index is 6.65. The SMILES string of the molecule is c1ccc(-c2nccn2-c2ccccc2-c2cccc3c2oc2c3ccc3c4ccccc4oc32)cc1. The Morgan fingerprint density at radius 1 is 0.514 bits per heavy atom. The molecule has 4 heteroatoms. The number of para-hydroxylation sites is 3. The fourth-order valence-corrected chi connectivity index (χ4v) is 5.46. The molecule has 0 spiro atoms. The maximum Gasteiger partial charge on any atom is 0.178 e. The molecule has 0 fully saturated rings.